The standard InChI is InChI=1S/C26H22ClN3O2/c1-32-21-12-10-17(11-13-21)14-15-30-25(19-8-5-9-20(27)16-19)22-23(18-6-3-2-4-7-18)28-29-24(22)26(30)31/h2-13,16,25H,14-15H2,1H3,(H,28,29). The van der Waals surface area contributed by atoms with Crippen molar-refractivity contribution in [3.8, 4) is 17.0 Å². The number of H-pyrrole nitrogens is 1. The van der Waals surface area contributed by atoms with Gasteiger partial charge in [0.25, 0.3) is 5.91 Å². The number of fused-ring (bicyclic) bond motifs is 1. The highest BCUT2D eigenvalue weighted by molar-refractivity contribution is 6.30. The maximum atomic E-state index is 13.4. The van der Waals surface area contributed by atoms with E-state index in [1.165, 1.54) is 0 Å². The Morgan fingerprint density at radius 3 is 2.53 bits per heavy atom. The molecule has 1 aliphatic heterocycles. The second-order valence-corrected chi connectivity index (χ2v) is 8.22. The van der Waals surface area contributed by atoms with E-state index >= 15 is 0 Å². The van der Waals surface area contributed by atoms with Gasteiger partial charge in [0, 0.05) is 22.7 Å². The highest BCUT2D eigenvalue weighted by Crippen LogP contribution is 2.43. The van der Waals surface area contributed by atoms with Crippen molar-refractivity contribution in [3.05, 3.63) is 106 Å². The number of nitrogens with zero attached hydrogens (tertiary/aromatic N) is 2. The molecule has 5 nitrogen and oxygen atoms in total. The third kappa shape index (κ3) is 3.65. The molecular weight excluding hydrogens is 422 g/mol. The summed E-state index contributed by atoms with van der Waals surface area (Å²) in [7, 11) is 1.65. The first-order valence-electron chi connectivity index (χ1n) is 10.5. The van der Waals surface area contributed by atoms with Gasteiger partial charge in [-0.05, 0) is 41.8 Å². The molecule has 1 unspecified atom stereocenters. The highest BCUT2D eigenvalue weighted by Gasteiger charge is 2.41. The van der Waals surface area contributed by atoms with E-state index in [4.69, 9.17) is 16.3 Å². The van der Waals surface area contributed by atoms with Crippen LogP contribution in [0.3, 0.4) is 0 Å². The number of benzene rings is 3. The third-order valence-electron chi connectivity index (χ3n) is 5.88. The molecule has 32 heavy (non-hydrogen) atoms. The van der Waals surface area contributed by atoms with E-state index in [9.17, 15) is 4.79 Å². The molecule has 1 aliphatic rings. The summed E-state index contributed by atoms with van der Waals surface area (Å²) in [5.74, 6) is 0.768. The molecule has 0 aliphatic carbocycles. The Kier molecular flexibility index (Phi) is 5.41. The van der Waals surface area contributed by atoms with E-state index < -0.39 is 0 Å². The lowest BCUT2D eigenvalue weighted by molar-refractivity contribution is 0.0746. The zero-order valence-corrected chi connectivity index (χ0v) is 18.3. The predicted octanol–water partition coefficient (Wildman–Crippen LogP) is 5.53. The van der Waals surface area contributed by atoms with Crippen molar-refractivity contribution in [3.63, 3.8) is 0 Å². The van der Waals surface area contributed by atoms with Crippen molar-refractivity contribution < 1.29 is 9.53 Å². The summed E-state index contributed by atoms with van der Waals surface area (Å²) in [5.41, 5.74) is 5.33. The number of rotatable bonds is 6. The van der Waals surface area contributed by atoms with Gasteiger partial charge in [0.15, 0.2) is 0 Å². The van der Waals surface area contributed by atoms with Crippen LogP contribution >= 0.6 is 11.6 Å². The molecule has 1 aromatic heterocycles. The highest BCUT2D eigenvalue weighted by atomic mass is 35.5. The number of hydrogen-bond acceptors (Lipinski definition) is 3. The number of nitrogens with one attached hydrogen (secondary N) is 1. The number of methoxy groups -OCH3 is 1. The number of hydrogen-bond donors (Lipinski definition) is 1. The van der Waals surface area contributed by atoms with Crippen LogP contribution in [-0.2, 0) is 6.42 Å². The van der Waals surface area contributed by atoms with E-state index in [0.717, 1.165) is 40.1 Å². The first-order valence-corrected chi connectivity index (χ1v) is 10.9. The van der Waals surface area contributed by atoms with E-state index in [-0.39, 0.29) is 11.9 Å². The molecule has 0 fully saturated rings. The van der Waals surface area contributed by atoms with Crippen molar-refractivity contribution in [2.45, 2.75) is 12.5 Å². The van der Waals surface area contributed by atoms with E-state index in [1.807, 2.05) is 83.8 Å². The monoisotopic (exact) mass is 443 g/mol. The van der Waals surface area contributed by atoms with Gasteiger partial charge in [-0.2, -0.15) is 5.10 Å². The lowest BCUT2D eigenvalue weighted by Crippen LogP contribution is -2.31. The molecule has 4 aromatic rings. The predicted molar refractivity (Wildman–Crippen MR) is 125 cm³/mol. The second kappa shape index (κ2) is 8.52. The van der Waals surface area contributed by atoms with Crippen LogP contribution in [0.15, 0.2) is 78.9 Å². The normalized spacial score (nSPS) is 15.1. The van der Waals surface area contributed by atoms with Gasteiger partial charge >= 0.3 is 0 Å². The Morgan fingerprint density at radius 1 is 1.03 bits per heavy atom. The quantitative estimate of drug-likeness (QED) is 0.426. The van der Waals surface area contributed by atoms with Crippen LogP contribution in [0, 0.1) is 0 Å². The van der Waals surface area contributed by atoms with Gasteiger partial charge in [-0.25, -0.2) is 0 Å². The fourth-order valence-corrected chi connectivity index (χ4v) is 4.51. The van der Waals surface area contributed by atoms with Crippen molar-refractivity contribution >= 4 is 17.5 Å². The lowest BCUT2D eigenvalue weighted by Gasteiger charge is -2.26. The molecule has 1 amide bonds. The fourth-order valence-electron chi connectivity index (χ4n) is 4.31. The Bertz CT molecular complexity index is 1250. The topological polar surface area (TPSA) is 58.2 Å². The SMILES string of the molecule is COc1ccc(CCN2C(=O)c3[nH]nc(-c4ccccc4)c3C2c2cccc(Cl)c2)cc1. The molecule has 3 aromatic carbocycles. The smallest absolute Gasteiger partial charge is 0.273 e. The summed E-state index contributed by atoms with van der Waals surface area (Å²) in [6.07, 6.45) is 0.727. The zero-order valence-electron chi connectivity index (χ0n) is 17.6. The summed E-state index contributed by atoms with van der Waals surface area (Å²) in [6.45, 7) is 0.569. The summed E-state index contributed by atoms with van der Waals surface area (Å²) in [5, 5.41) is 8.15. The lowest BCUT2D eigenvalue weighted by atomic mass is 9.96. The Labute approximate surface area is 191 Å². The maximum Gasteiger partial charge on any atom is 0.273 e. The second-order valence-electron chi connectivity index (χ2n) is 7.78. The average molecular weight is 444 g/mol. The minimum atomic E-state index is -0.261. The number of carbonyl (C=O) groups excluding carboxylic acids is 1. The molecule has 0 radical (unpaired) electrons. The Hall–Kier alpha value is -3.57. The van der Waals surface area contributed by atoms with Crippen LogP contribution in [0.4, 0.5) is 0 Å². The largest absolute Gasteiger partial charge is 0.497 e. The Balaban J connectivity index is 1.53. The molecule has 6 heteroatoms. The zero-order chi connectivity index (χ0) is 22.1. The molecular formula is C26H22ClN3O2. The van der Waals surface area contributed by atoms with Gasteiger partial charge in [-0.15, -0.1) is 0 Å². The van der Waals surface area contributed by atoms with Crippen molar-refractivity contribution in [1.82, 2.24) is 15.1 Å². The van der Waals surface area contributed by atoms with Gasteiger partial charge in [0.2, 0.25) is 0 Å². The van der Waals surface area contributed by atoms with Gasteiger partial charge < -0.3 is 9.64 Å². The van der Waals surface area contributed by atoms with E-state index in [1.54, 1.807) is 7.11 Å². The summed E-state index contributed by atoms with van der Waals surface area (Å²) in [4.78, 5) is 15.3. The van der Waals surface area contributed by atoms with Crippen molar-refractivity contribution in [2.75, 3.05) is 13.7 Å². The van der Waals surface area contributed by atoms with E-state index in [0.29, 0.717) is 17.3 Å². The number of carbonyl (C=O) groups is 1. The third-order valence-corrected chi connectivity index (χ3v) is 6.11. The Morgan fingerprint density at radius 2 is 1.81 bits per heavy atom. The number of aromatic amines is 1. The van der Waals surface area contributed by atoms with Crippen molar-refractivity contribution in [1.29, 1.82) is 0 Å². The molecule has 0 spiro atoms. The summed E-state index contributed by atoms with van der Waals surface area (Å²) >= 11 is 6.33. The molecule has 0 bridgehead atoms. The molecule has 2 heterocycles. The van der Waals surface area contributed by atoms with Crippen LogP contribution < -0.4 is 4.74 Å². The first kappa shape index (κ1) is 20.3. The van der Waals surface area contributed by atoms with Crippen LogP contribution in [-0.4, -0.2) is 34.7 Å². The minimum absolute atomic E-state index is 0.0480. The number of ether oxygens (including phenoxy) is 1. The average Bonchev–Trinajstić information content (AvgIpc) is 3.37. The van der Waals surface area contributed by atoms with Gasteiger partial charge in [0.05, 0.1) is 18.8 Å². The van der Waals surface area contributed by atoms with Crippen LogP contribution in [0.2, 0.25) is 5.02 Å². The maximum absolute atomic E-state index is 13.4. The first-order chi connectivity index (χ1) is 15.7. The molecule has 0 saturated carbocycles. The summed E-state index contributed by atoms with van der Waals surface area (Å²) < 4.78 is 5.25. The van der Waals surface area contributed by atoms with Gasteiger partial charge in [0.1, 0.15) is 11.4 Å². The molecule has 5 rings (SSSR count). The minimum Gasteiger partial charge on any atom is -0.497 e. The molecule has 0 saturated heterocycles. The van der Waals surface area contributed by atoms with Gasteiger partial charge in [-0.1, -0.05) is 66.2 Å². The van der Waals surface area contributed by atoms with Crippen LogP contribution in [0.1, 0.15) is 33.2 Å². The van der Waals surface area contributed by atoms with Crippen molar-refractivity contribution in [2.24, 2.45) is 0 Å². The molecule has 1 atom stereocenters. The fraction of sp³-hybridized carbons (Fsp3) is 0.154. The number of halogens is 1. The van der Waals surface area contributed by atoms with Crippen LogP contribution in [0.5, 0.6) is 5.75 Å². The van der Waals surface area contributed by atoms with E-state index in [2.05, 4.69) is 10.2 Å². The molecule has 1 N–H and O–H groups in total. The number of amides is 1. The van der Waals surface area contributed by atoms with Gasteiger partial charge in [-0.3, -0.25) is 9.89 Å². The summed E-state index contributed by atoms with van der Waals surface area (Å²) in [6, 6.07) is 25.3. The van der Waals surface area contributed by atoms with Crippen LogP contribution in [0.25, 0.3) is 11.3 Å². The molecule has 160 valence electrons. The number of aromatic nitrogens is 2.